The summed E-state index contributed by atoms with van der Waals surface area (Å²) in [5.74, 6) is -1.26. The number of hydrogen-bond donors (Lipinski definition) is 1. The summed E-state index contributed by atoms with van der Waals surface area (Å²) in [6.45, 7) is 8.00. The van der Waals surface area contributed by atoms with Crippen LogP contribution >= 0.6 is 0 Å². The van der Waals surface area contributed by atoms with Gasteiger partial charge in [-0.3, -0.25) is 0 Å². The van der Waals surface area contributed by atoms with E-state index in [1.54, 1.807) is 36.4 Å². The molecule has 1 N–H and O–H groups in total. The Labute approximate surface area is 207 Å². The molecule has 186 valence electrons. The molecule has 0 heterocycles. The Kier molecular flexibility index (Phi) is 12.5. The molecule has 3 aromatic carbocycles. The fourth-order valence-corrected chi connectivity index (χ4v) is 3.17. The lowest BCUT2D eigenvalue weighted by Crippen LogP contribution is -2.96. The molecule has 3 aromatic rings. The van der Waals surface area contributed by atoms with Gasteiger partial charge in [-0.05, 0) is 36.4 Å². The first-order chi connectivity index (χ1) is 17.0. The van der Waals surface area contributed by atoms with Crippen molar-refractivity contribution < 1.29 is 33.5 Å². The highest BCUT2D eigenvalue weighted by Gasteiger charge is 2.21. The zero-order valence-corrected chi connectivity index (χ0v) is 21.4. The van der Waals surface area contributed by atoms with Crippen LogP contribution < -0.4 is 4.90 Å². The zero-order chi connectivity index (χ0) is 26.4. The first-order valence-electron chi connectivity index (χ1n) is 11.4. The number of quaternary nitrogens is 1. The van der Waals surface area contributed by atoms with Crippen molar-refractivity contribution >= 4 is 35.0 Å². The molecule has 0 fully saturated rings. The van der Waals surface area contributed by atoms with E-state index in [9.17, 15) is 14.4 Å². The second kappa shape index (κ2) is 15.0. The van der Waals surface area contributed by atoms with Gasteiger partial charge in [-0.25, -0.2) is 19.3 Å². The van der Waals surface area contributed by atoms with Crippen molar-refractivity contribution in [1.29, 1.82) is 0 Å². The van der Waals surface area contributed by atoms with E-state index >= 15 is 0 Å². The topological polar surface area (TPSA) is 83.3 Å². The summed E-state index contributed by atoms with van der Waals surface area (Å²) in [4.78, 5) is 36.2. The Morgan fingerprint density at radius 3 is 0.829 bits per heavy atom. The summed E-state index contributed by atoms with van der Waals surface area (Å²) in [7, 11) is 4.00. The zero-order valence-electron chi connectivity index (χ0n) is 21.4. The number of esters is 3. The minimum Gasteiger partial charge on any atom is -0.465 e. The fourth-order valence-electron chi connectivity index (χ4n) is 3.17. The highest BCUT2D eigenvalue weighted by atomic mass is 16.5. The maximum Gasteiger partial charge on any atom is 0.337 e. The van der Waals surface area contributed by atoms with E-state index < -0.39 is 17.9 Å². The van der Waals surface area contributed by atoms with Crippen molar-refractivity contribution in [3.05, 3.63) is 89.5 Å². The van der Waals surface area contributed by atoms with E-state index in [1.165, 1.54) is 21.3 Å². The molecule has 0 saturated heterocycles. The lowest BCUT2D eigenvalue weighted by Gasteiger charge is -2.19. The van der Waals surface area contributed by atoms with Gasteiger partial charge < -0.3 is 14.2 Å². The Balaban J connectivity index is 0.00000145. The predicted octanol–water partition coefficient (Wildman–Crippen LogP) is 5.28. The Morgan fingerprint density at radius 1 is 0.457 bits per heavy atom. The van der Waals surface area contributed by atoms with Crippen LogP contribution in [0, 0.1) is 0 Å². The summed E-state index contributed by atoms with van der Waals surface area (Å²) in [6, 6.07) is 21.1. The average molecular weight is 481 g/mol. The van der Waals surface area contributed by atoms with Gasteiger partial charge in [-0.1, -0.05) is 27.7 Å². The number of rotatable bonds is 6. The quantitative estimate of drug-likeness (QED) is 0.382. The molecule has 35 heavy (non-hydrogen) atoms. The van der Waals surface area contributed by atoms with Crippen LogP contribution in [0.2, 0.25) is 0 Å². The largest absolute Gasteiger partial charge is 0.465 e. The van der Waals surface area contributed by atoms with Crippen LogP contribution in [0.3, 0.4) is 0 Å². The van der Waals surface area contributed by atoms with Crippen LogP contribution in [0.4, 0.5) is 17.1 Å². The number of ether oxygens (including phenoxy) is 3. The van der Waals surface area contributed by atoms with Gasteiger partial charge in [0.15, 0.2) is 0 Å². The molecular formula is C28H34NO6+. The van der Waals surface area contributed by atoms with Gasteiger partial charge in [0.25, 0.3) is 0 Å². The Morgan fingerprint density at radius 2 is 0.657 bits per heavy atom. The lowest BCUT2D eigenvalue weighted by molar-refractivity contribution is -0.681. The first kappa shape index (κ1) is 29.1. The second-order valence-electron chi connectivity index (χ2n) is 6.58. The molecule has 0 radical (unpaired) electrons. The number of carbonyl (C=O) groups is 3. The summed E-state index contributed by atoms with van der Waals surface area (Å²) < 4.78 is 14.3. The molecule has 0 saturated carbocycles. The van der Waals surface area contributed by atoms with Crippen LogP contribution in [0.5, 0.6) is 0 Å². The van der Waals surface area contributed by atoms with Crippen LogP contribution in [0.15, 0.2) is 72.8 Å². The number of carbonyl (C=O) groups excluding carboxylic acids is 3. The van der Waals surface area contributed by atoms with Gasteiger partial charge in [0.1, 0.15) is 17.1 Å². The molecule has 7 heteroatoms. The van der Waals surface area contributed by atoms with Crippen molar-refractivity contribution in [3.63, 3.8) is 0 Å². The minimum atomic E-state index is -0.419. The minimum absolute atomic E-state index is 0.419. The van der Waals surface area contributed by atoms with Crippen LogP contribution in [-0.4, -0.2) is 39.2 Å². The van der Waals surface area contributed by atoms with E-state index in [1.807, 2.05) is 64.1 Å². The molecule has 0 aliphatic rings. The van der Waals surface area contributed by atoms with Crippen molar-refractivity contribution in [1.82, 2.24) is 0 Å². The molecule has 0 aliphatic carbocycles. The van der Waals surface area contributed by atoms with E-state index in [2.05, 4.69) is 0 Å². The average Bonchev–Trinajstić information content (AvgIpc) is 2.95. The molecule has 0 bridgehead atoms. The van der Waals surface area contributed by atoms with Crippen molar-refractivity contribution in [2.75, 3.05) is 21.3 Å². The fraction of sp³-hybridized carbons (Fsp3) is 0.250. The first-order valence-corrected chi connectivity index (χ1v) is 11.4. The van der Waals surface area contributed by atoms with E-state index in [4.69, 9.17) is 14.2 Å². The van der Waals surface area contributed by atoms with Gasteiger partial charge in [-0.15, -0.1) is 0 Å². The maximum absolute atomic E-state index is 11.8. The SMILES string of the molecule is CC.CC.COC(=O)c1ccc([NH+](c2ccc(C(=O)OC)cc2)c2ccc(C(=O)OC)cc2)cc1. The van der Waals surface area contributed by atoms with Gasteiger partial charge in [-0.2, -0.15) is 0 Å². The van der Waals surface area contributed by atoms with Crippen molar-refractivity contribution in [2.45, 2.75) is 27.7 Å². The van der Waals surface area contributed by atoms with Crippen molar-refractivity contribution in [3.8, 4) is 0 Å². The Bertz CT molecular complexity index is 932. The molecule has 7 nitrogen and oxygen atoms in total. The van der Waals surface area contributed by atoms with E-state index in [-0.39, 0.29) is 0 Å². The van der Waals surface area contributed by atoms with E-state index in [0.29, 0.717) is 16.7 Å². The standard InChI is InChI=1S/C24H21NO6.2C2H6/c1-29-22(26)16-4-10-19(11-5-16)25(20-12-6-17(7-13-20)23(27)30-2)21-14-8-18(9-15-21)24(28)31-3;2*1-2/h4-15H,1-3H3;2*1-2H3/p+1. The van der Waals surface area contributed by atoms with Gasteiger partial charge in [0.2, 0.25) is 0 Å². The summed E-state index contributed by atoms with van der Waals surface area (Å²) in [5, 5.41) is 0. The predicted molar refractivity (Wildman–Crippen MR) is 136 cm³/mol. The van der Waals surface area contributed by atoms with Crippen LogP contribution in [0.25, 0.3) is 0 Å². The number of hydrogen-bond acceptors (Lipinski definition) is 6. The monoisotopic (exact) mass is 480 g/mol. The smallest absolute Gasteiger partial charge is 0.337 e. The number of methoxy groups -OCH3 is 3. The van der Waals surface area contributed by atoms with E-state index in [0.717, 1.165) is 22.0 Å². The molecule has 0 atom stereocenters. The highest BCUT2D eigenvalue weighted by Crippen LogP contribution is 2.18. The van der Waals surface area contributed by atoms with Gasteiger partial charge in [0.05, 0.1) is 38.0 Å². The third-order valence-corrected chi connectivity index (χ3v) is 4.78. The number of nitrogens with one attached hydrogen (secondary N) is 1. The molecule has 0 amide bonds. The third-order valence-electron chi connectivity index (χ3n) is 4.78. The molecule has 3 rings (SSSR count). The van der Waals surface area contributed by atoms with Crippen molar-refractivity contribution in [2.24, 2.45) is 0 Å². The lowest BCUT2D eigenvalue weighted by atomic mass is 10.1. The van der Waals surface area contributed by atoms with Gasteiger partial charge in [0, 0.05) is 36.4 Å². The van der Waals surface area contributed by atoms with Crippen LogP contribution in [-0.2, 0) is 14.2 Å². The molecule has 0 unspecified atom stereocenters. The number of benzene rings is 3. The molecular weight excluding hydrogens is 446 g/mol. The molecule has 0 aromatic heterocycles. The normalized spacial score (nSPS) is 9.60. The third kappa shape index (κ3) is 7.52. The second-order valence-corrected chi connectivity index (χ2v) is 6.58. The van der Waals surface area contributed by atoms with Crippen LogP contribution in [0.1, 0.15) is 58.8 Å². The summed E-state index contributed by atoms with van der Waals surface area (Å²) in [5.41, 5.74) is 3.87. The highest BCUT2D eigenvalue weighted by molar-refractivity contribution is 5.90. The Hall–Kier alpha value is -3.97. The summed E-state index contributed by atoms with van der Waals surface area (Å²) in [6.07, 6.45) is 0. The maximum atomic E-state index is 11.8. The summed E-state index contributed by atoms with van der Waals surface area (Å²) >= 11 is 0. The molecule has 0 aliphatic heterocycles. The van der Waals surface area contributed by atoms with Gasteiger partial charge >= 0.3 is 17.9 Å². The molecule has 0 spiro atoms.